The summed E-state index contributed by atoms with van der Waals surface area (Å²) in [7, 11) is 1.25. The first-order valence-electron chi connectivity index (χ1n) is 14.8. The highest BCUT2D eigenvalue weighted by Crippen LogP contribution is 2.55. The Labute approximate surface area is 255 Å². The molecule has 0 spiro atoms. The molecule has 0 bridgehead atoms. The molecule has 2 aliphatic carbocycles. The first-order valence-corrected chi connectivity index (χ1v) is 14.8. The molecule has 8 unspecified atom stereocenters. The number of aliphatic hydroxyl groups is 2. The normalized spacial score (nSPS) is 34.4. The Hall–Kier alpha value is -3.64. The van der Waals surface area contributed by atoms with Crippen LogP contribution in [0, 0.1) is 28.6 Å². The van der Waals surface area contributed by atoms with Gasteiger partial charge in [-0.25, -0.2) is 9.59 Å². The molecule has 12 nitrogen and oxygen atoms in total. The van der Waals surface area contributed by atoms with Crippen LogP contribution in [-0.4, -0.2) is 76.9 Å². The Kier molecular flexibility index (Phi) is 8.84. The smallest absolute Gasteiger partial charge is 0.340 e. The first kappa shape index (κ1) is 33.3. The van der Waals surface area contributed by atoms with Crippen LogP contribution in [0.3, 0.4) is 0 Å². The lowest BCUT2D eigenvalue weighted by atomic mass is 9.55. The number of hydrogen-bond acceptors (Lipinski definition) is 12. The van der Waals surface area contributed by atoms with Gasteiger partial charge < -0.3 is 29.2 Å². The highest BCUT2D eigenvalue weighted by atomic mass is 16.6. The second kappa shape index (κ2) is 11.7. The van der Waals surface area contributed by atoms with E-state index in [1.807, 2.05) is 0 Å². The number of aliphatic hydroxyl groups excluding tert-OH is 1. The molecule has 1 fully saturated rings. The van der Waals surface area contributed by atoms with Crippen molar-refractivity contribution in [2.24, 2.45) is 28.6 Å². The van der Waals surface area contributed by atoms with E-state index >= 15 is 0 Å². The predicted octanol–water partition coefficient (Wildman–Crippen LogP) is 2.05. The molecule has 240 valence electrons. The fraction of sp³-hybridized carbons (Fsp3) is 0.625. The quantitative estimate of drug-likeness (QED) is 0.300. The Bertz CT molecular complexity index is 1380. The van der Waals surface area contributed by atoms with E-state index in [-0.39, 0.29) is 36.0 Å². The highest BCUT2D eigenvalue weighted by Gasteiger charge is 2.65. The van der Waals surface area contributed by atoms with Crippen LogP contribution >= 0.6 is 0 Å². The van der Waals surface area contributed by atoms with Crippen molar-refractivity contribution < 1.29 is 57.9 Å². The molecular weight excluding hydrogens is 576 g/mol. The maximum Gasteiger partial charge on any atom is 0.340 e. The van der Waals surface area contributed by atoms with E-state index in [1.165, 1.54) is 13.2 Å². The number of ketones is 2. The van der Waals surface area contributed by atoms with Crippen LogP contribution in [0.2, 0.25) is 0 Å². The molecule has 0 saturated heterocycles. The number of hydrogen-bond donors (Lipinski definition) is 2. The molecule has 2 heterocycles. The number of carbonyl (C=O) groups excluding carboxylic acids is 6. The van der Waals surface area contributed by atoms with Gasteiger partial charge in [-0.3, -0.25) is 19.2 Å². The fourth-order valence-corrected chi connectivity index (χ4v) is 6.90. The van der Waals surface area contributed by atoms with E-state index in [1.54, 1.807) is 41.5 Å². The Morgan fingerprint density at radius 1 is 1.14 bits per heavy atom. The van der Waals surface area contributed by atoms with Gasteiger partial charge in [-0.05, 0) is 35.8 Å². The van der Waals surface area contributed by atoms with Crippen molar-refractivity contribution >= 4 is 35.4 Å². The van der Waals surface area contributed by atoms with Gasteiger partial charge in [-0.2, -0.15) is 0 Å². The molecule has 0 radical (unpaired) electrons. The zero-order chi connectivity index (χ0) is 32.9. The number of cyclic esters (lactones) is 2. The highest BCUT2D eigenvalue weighted by molar-refractivity contribution is 6.04. The second-order valence-electron chi connectivity index (χ2n) is 13.0. The molecular formula is C32H40O12. The SMILES string of the molecule is CCC(C)C(=O)OC(C1=CC(C)(C)C(CC(=O)OC)C(C)C1=O)C1(O)C(=O)CCC2(C)C1=CC(=O)OC2C1=CC(O)OC1=O. The minimum absolute atomic E-state index is 0.0146. The number of allylic oxidation sites excluding steroid dienone is 1. The summed E-state index contributed by atoms with van der Waals surface area (Å²) in [6.45, 7) is 10.1. The average molecular weight is 617 g/mol. The molecule has 0 aromatic rings. The average Bonchev–Trinajstić information content (AvgIpc) is 3.30. The van der Waals surface area contributed by atoms with E-state index < -0.39 is 88.1 Å². The Morgan fingerprint density at radius 3 is 2.36 bits per heavy atom. The molecule has 12 heteroatoms. The molecule has 2 aliphatic heterocycles. The van der Waals surface area contributed by atoms with Gasteiger partial charge in [0.25, 0.3) is 0 Å². The van der Waals surface area contributed by atoms with Crippen molar-refractivity contribution in [2.75, 3.05) is 7.11 Å². The molecule has 4 aliphatic rings. The lowest BCUT2D eigenvalue weighted by Crippen LogP contribution is -2.64. The van der Waals surface area contributed by atoms with Gasteiger partial charge in [0.15, 0.2) is 23.3 Å². The number of carbonyl (C=O) groups is 6. The minimum Gasteiger partial charge on any atom is -0.469 e. The van der Waals surface area contributed by atoms with Crippen molar-refractivity contribution in [2.45, 2.75) is 91.3 Å². The lowest BCUT2D eigenvalue weighted by Gasteiger charge is -2.52. The molecule has 0 amide bonds. The van der Waals surface area contributed by atoms with Crippen molar-refractivity contribution in [1.29, 1.82) is 0 Å². The van der Waals surface area contributed by atoms with Gasteiger partial charge in [0.2, 0.25) is 6.29 Å². The number of esters is 4. The van der Waals surface area contributed by atoms with E-state index in [0.29, 0.717) is 6.42 Å². The maximum absolute atomic E-state index is 14.1. The van der Waals surface area contributed by atoms with Gasteiger partial charge in [-0.15, -0.1) is 0 Å². The van der Waals surface area contributed by atoms with Gasteiger partial charge in [0, 0.05) is 35.8 Å². The van der Waals surface area contributed by atoms with Gasteiger partial charge in [-0.1, -0.05) is 47.6 Å². The first-order chi connectivity index (χ1) is 20.4. The number of methoxy groups -OCH3 is 1. The third-order valence-electron chi connectivity index (χ3n) is 9.78. The van der Waals surface area contributed by atoms with Crippen LogP contribution in [0.15, 0.2) is 34.9 Å². The summed E-state index contributed by atoms with van der Waals surface area (Å²) in [5, 5.41) is 22.5. The predicted molar refractivity (Wildman–Crippen MR) is 151 cm³/mol. The Balaban J connectivity index is 1.92. The molecule has 0 aromatic carbocycles. The Morgan fingerprint density at radius 2 is 1.80 bits per heavy atom. The molecule has 1 saturated carbocycles. The number of Topliss-reactive ketones (excluding diaryl/α,β-unsaturated/α-hetero) is 2. The summed E-state index contributed by atoms with van der Waals surface area (Å²) in [4.78, 5) is 79.1. The second-order valence-corrected chi connectivity index (χ2v) is 13.0. The van der Waals surface area contributed by atoms with Crippen molar-refractivity contribution in [1.82, 2.24) is 0 Å². The standard InChI is InChI=1S/C32H40O12/c1-8-15(2)28(38)44-27(18-14-30(4,5)19(12-22(34)41-7)16(3)25(18)37)32(40)20-13-24(36)42-26(17-11-23(35)43-29(17)39)31(20,6)10-9-21(32)33/h11,13-16,19,23,26-27,35,40H,8-10,12H2,1-7H3. The maximum atomic E-state index is 14.1. The summed E-state index contributed by atoms with van der Waals surface area (Å²) in [5.74, 6) is -6.55. The van der Waals surface area contributed by atoms with Gasteiger partial charge in [0.1, 0.15) is 6.10 Å². The van der Waals surface area contributed by atoms with Gasteiger partial charge >= 0.3 is 23.9 Å². The summed E-state index contributed by atoms with van der Waals surface area (Å²) in [5.41, 5.74) is -5.48. The largest absolute Gasteiger partial charge is 0.469 e. The van der Waals surface area contributed by atoms with E-state index in [2.05, 4.69) is 0 Å². The molecule has 44 heavy (non-hydrogen) atoms. The van der Waals surface area contributed by atoms with Crippen molar-refractivity contribution in [3.8, 4) is 0 Å². The number of fused-ring (bicyclic) bond motifs is 1. The monoisotopic (exact) mass is 616 g/mol. The van der Waals surface area contributed by atoms with Crippen molar-refractivity contribution in [3.05, 3.63) is 34.9 Å². The van der Waals surface area contributed by atoms with Crippen LogP contribution in [0.1, 0.15) is 67.2 Å². The summed E-state index contributed by atoms with van der Waals surface area (Å²) in [6, 6.07) is 0. The van der Waals surface area contributed by atoms with Crippen molar-refractivity contribution in [3.63, 3.8) is 0 Å². The topological polar surface area (TPSA) is 180 Å². The third kappa shape index (κ3) is 5.42. The van der Waals surface area contributed by atoms with Crippen LogP contribution in [0.5, 0.6) is 0 Å². The zero-order valence-corrected chi connectivity index (χ0v) is 26.0. The van der Waals surface area contributed by atoms with E-state index in [0.717, 1.165) is 12.2 Å². The molecule has 0 aromatic heterocycles. The van der Waals surface area contributed by atoms with Gasteiger partial charge in [0.05, 0.1) is 18.6 Å². The molecule has 4 rings (SSSR count). The molecule has 8 atom stereocenters. The van der Waals surface area contributed by atoms with E-state index in [4.69, 9.17) is 18.9 Å². The summed E-state index contributed by atoms with van der Waals surface area (Å²) >= 11 is 0. The van der Waals surface area contributed by atoms with Crippen LogP contribution < -0.4 is 0 Å². The van der Waals surface area contributed by atoms with Crippen LogP contribution in [0.4, 0.5) is 0 Å². The number of rotatable bonds is 8. The minimum atomic E-state index is -2.71. The summed E-state index contributed by atoms with van der Waals surface area (Å²) < 4.78 is 21.1. The van der Waals surface area contributed by atoms with Crippen LogP contribution in [-0.2, 0) is 47.7 Å². The lowest BCUT2D eigenvalue weighted by molar-refractivity contribution is -0.175. The zero-order valence-electron chi connectivity index (χ0n) is 26.0. The van der Waals surface area contributed by atoms with Crippen LogP contribution in [0.25, 0.3) is 0 Å². The molecule has 2 N–H and O–H groups in total. The third-order valence-corrected chi connectivity index (χ3v) is 9.78. The number of ether oxygens (including phenoxy) is 4. The summed E-state index contributed by atoms with van der Waals surface area (Å²) in [6.07, 6.45) is -1.24. The van der Waals surface area contributed by atoms with E-state index in [9.17, 15) is 39.0 Å². The fourth-order valence-electron chi connectivity index (χ4n) is 6.90.